The van der Waals surface area contributed by atoms with Gasteiger partial charge in [-0.1, -0.05) is 49.4 Å². The second kappa shape index (κ2) is 8.52. The maximum Gasteiger partial charge on any atom is 0.194 e. The molecule has 1 aromatic heterocycles. The Balaban J connectivity index is 0.00000132. The topological polar surface area (TPSA) is 30.0 Å². The van der Waals surface area contributed by atoms with Gasteiger partial charge in [-0.05, 0) is 5.69 Å². The Morgan fingerprint density at radius 1 is 0.957 bits per heavy atom. The van der Waals surface area contributed by atoms with Gasteiger partial charge in [0.25, 0.3) is 0 Å². The Labute approximate surface area is 151 Å². The van der Waals surface area contributed by atoms with Gasteiger partial charge in [0.1, 0.15) is 0 Å². The number of carbonyl (C=O) groups is 1. The zero-order valence-corrected chi connectivity index (χ0v) is 15.4. The van der Waals surface area contributed by atoms with Gasteiger partial charge in [-0.15, -0.1) is 35.4 Å². The molecule has 3 heteroatoms. The molecule has 0 fully saturated rings. The van der Waals surface area contributed by atoms with Crippen molar-refractivity contribution >= 4 is 5.78 Å². The summed E-state index contributed by atoms with van der Waals surface area (Å²) in [4.78, 5) is 16.7. The zero-order valence-electron chi connectivity index (χ0n) is 13.0. The summed E-state index contributed by atoms with van der Waals surface area (Å²) in [7, 11) is 0. The van der Waals surface area contributed by atoms with Crippen LogP contribution >= 0.6 is 0 Å². The van der Waals surface area contributed by atoms with Gasteiger partial charge < -0.3 is 12.4 Å². The maximum atomic E-state index is 12.3. The summed E-state index contributed by atoms with van der Waals surface area (Å²) < 4.78 is 0. The number of ketones is 1. The van der Waals surface area contributed by atoms with Crippen LogP contribution in [-0.2, 0) is 20.1 Å². The first kappa shape index (κ1) is 19.0. The van der Waals surface area contributed by atoms with Crippen LogP contribution in [-0.4, -0.2) is 10.8 Å². The number of carbonyl (C=O) groups excluding carboxylic acids is 1. The van der Waals surface area contributed by atoms with Crippen LogP contribution in [0.5, 0.6) is 0 Å². The van der Waals surface area contributed by atoms with Gasteiger partial charge in [-0.25, -0.2) is 0 Å². The van der Waals surface area contributed by atoms with Crippen LogP contribution in [0.25, 0.3) is 11.3 Å². The Morgan fingerprint density at radius 2 is 1.70 bits per heavy atom. The molecule has 2 nitrogen and oxygen atoms in total. The van der Waals surface area contributed by atoms with Crippen molar-refractivity contribution in [3.05, 3.63) is 97.0 Å². The van der Waals surface area contributed by atoms with E-state index in [1.807, 2.05) is 67.6 Å². The van der Waals surface area contributed by atoms with E-state index >= 15 is 0 Å². The normalized spacial score (nSPS) is 9.43. The van der Waals surface area contributed by atoms with Gasteiger partial charge in [-0.2, -0.15) is 0 Å². The third kappa shape index (κ3) is 4.22. The SMILES string of the molecule is Cc1ccc[c-]c1-c1ccc(C(=O)c2ccccc2)cn1.[CH3-].[Ir]. The van der Waals surface area contributed by atoms with Gasteiger partial charge in [0.15, 0.2) is 5.78 Å². The Kier molecular flexibility index (Phi) is 7.02. The van der Waals surface area contributed by atoms with Crippen molar-refractivity contribution in [1.29, 1.82) is 0 Å². The summed E-state index contributed by atoms with van der Waals surface area (Å²) in [6, 6.07) is 21.9. The molecule has 3 rings (SSSR count). The quantitative estimate of drug-likeness (QED) is 0.408. The third-order valence-corrected chi connectivity index (χ3v) is 3.38. The van der Waals surface area contributed by atoms with E-state index in [0.717, 1.165) is 16.8 Å². The standard InChI is InChI=1S/C19H14NO.CH3.Ir/c1-14-7-5-6-10-17(14)18-12-11-16(13-20-18)19(21)15-8-3-2-4-9-15;;/h2-9,11-13H,1H3;1H3;/q2*-1;. The molecule has 3 aromatic rings. The van der Waals surface area contributed by atoms with E-state index in [0.29, 0.717) is 11.1 Å². The van der Waals surface area contributed by atoms with E-state index in [2.05, 4.69) is 11.1 Å². The molecule has 0 spiro atoms. The van der Waals surface area contributed by atoms with Crippen molar-refractivity contribution in [1.82, 2.24) is 4.98 Å². The number of hydrogen-bond donors (Lipinski definition) is 0. The summed E-state index contributed by atoms with van der Waals surface area (Å²) in [6.07, 6.45) is 1.63. The van der Waals surface area contributed by atoms with Crippen molar-refractivity contribution in [2.45, 2.75) is 6.92 Å². The molecule has 0 saturated heterocycles. The average Bonchev–Trinajstić information content (AvgIpc) is 2.56. The fourth-order valence-corrected chi connectivity index (χ4v) is 2.23. The van der Waals surface area contributed by atoms with Gasteiger partial charge in [-0.3, -0.25) is 4.79 Å². The van der Waals surface area contributed by atoms with Crippen LogP contribution in [0.3, 0.4) is 0 Å². The molecule has 0 amide bonds. The number of pyridine rings is 1. The summed E-state index contributed by atoms with van der Waals surface area (Å²) >= 11 is 0. The zero-order chi connectivity index (χ0) is 14.7. The number of nitrogens with zero attached hydrogens (tertiary/aromatic N) is 1. The van der Waals surface area contributed by atoms with Crippen molar-refractivity contribution < 1.29 is 24.9 Å². The Bertz CT molecular complexity index is 767. The van der Waals surface area contributed by atoms with Crippen molar-refractivity contribution in [3.8, 4) is 11.3 Å². The average molecular weight is 480 g/mol. The molecule has 0 aliphatic carbocycles. The summed E-state index contributed by atoms with van der Waals surface area (Å²) in [5.41, 5.74) is 4.19. The molecule has 0 aliphatic rings. The molecule has 1 heterocycles. The summed E-state index contributed by atoms with van der Waals surface area (Å²) in [6.45, 7) is 2.02. The predicted molar refractivity (Wildman–Crippen MR) is 89.5 cm³/mol. The number of hydrogen-bond acceptors (Lipinski definition) is 2. The van der Waals surface area contributed by atoms with Crippen LogP contribution < -0.4 is 0 Å². The van der Waals surface area contributed by atoms with Crippen molar-refractivity contribution in [2.75, 3.05) is 0 Å². The first-order valence-electron chi connectivity index (χ1n) is 6.79. The summed E-state index contributed by atoms with van der Waals surface area (Å²) in [5.74, 6) is -0.0107. The minimum atomic E-state index is -0.0107. The smallest absolute Gasteiger partial charge is 0.194 e. The second-order valence-electron chi connectivity index (χ2n) is 4.86. The van der Waals surface area contributed by atoms with Crippen molar-refractivity contribution in [3.63, 3.8) is 0 Å². The third-order valence-electron chi connectivity index (χ3n) is 3.38. The van der Waals surface area contributed by atoms with Gasteiger partial charge in [0.2, 0.25) is 0 Å². The first-order valence-corrected chi connectivity index (χ1v) is 6.79. The molecule has 0 aliphatic heterocycles. The molecule has 23 heavy (non-hydrogen) atoms. The van der Waals surface area contributed by atoms with Gasteiger partial charge >= 0.3 is 0 Å². The molecule has 1 radical (unpaired) electrons. The van der Waals surface area contributed by atoms with E-state index in [9.17, 15) is 4.79 Å². The van der Waals surface area contributed by atoms with Crippen LogP contribution in [0.2, 0.25) is 0 Å². The number of aryl methyl sites for hydroxylation is 1. The molecular weight excluding hydrogens is 462 g/mol. The molecule has 0 bridgehead atoms. The fourth-order valence-electron chi connectivity index (χ4n) is 2.23. The van der Waals surface area contributed by atoms with E-state index < -0.39 is 0 Å². The Morgan fingerprint density at radius 3 is 2.30 bits per heavy atom. The molecular formula is C20H17IrNO-2. The predicted octanol–water partition coefficient (Wildman–Crippen LogP) is 4.54. The number of aromatic nitrogens is 1. The minimum Gasteiger partial charge on any atom is -0.358 e. The van der Waals surface area contributed by atoms with Gasteiger partial charge in [0.05, 0.1) is 0 Å². The molecule has 0 unspecified atom stereocenters. The van der Waals surface area contributed by atoms with E-state index in [4.69, 9.17) is 0 Å². The van der Waals surface area contributed by atoms with E-state index in [1.54, 1.807) is 6.20 Å². The maximum absolute atomic E-state index is 12.3. The molecule has 0 N–H and O–H groups in total. The van der Waals surface area contributed by atoms with Crippen LogP contribution in [0.1, 0.15) is 21.5 Å². The molecule has 119 valence electrons. The molecule has 0 saturated carbocycles. The fraction of sp³-hybridized carbons (Fsp3) is 0.0500. The summed E-state index contributed by atoms with van der Waals surface area (Å²) in [5, 5.41) is 0. The van der Waals surface area contributed by atoms with Crippen LogP contribution in [0.4, 0.5) is 0 Å². The second-order valence-corrected chi connectivity index (χ2v) is 4.86. The number of rotatable bonds is 3. The first-order chi connectivity index (χ1) is 10.3. The van der Waals surface area contributed by atoms with Crippen LogP contribution in [0, 0.1) is 20.4 Å². The van der Waals surface area contributed by atoms with Crippen LogP contribution in [0.15, 0.2) is 66.9 Å². The van der Waals surface area contributed by atoms with Crippen molar-refractivity contribution in [2.24, 2.45) is 0 Å². The monoisotopic (exact) mass is 480 g/mol. The van der Waals surface area contributed by atoms with E-state index in [1.165, 1.54) is 0 Å². The van der Waals surface area contributed by atoms with Gasteiger partial charge in [0, 0.05) is 37.4 Å². The van der Waals surface area contributed by atoms with E-state index in [-0.39, 0.29) is 33.3 Å². The largest absolute Gasteiger partial charge is 0.358 e. The Hall–Kier alpha value is -2.09. The molecule has 0 atom stereocenters. The minimum absolute atomic E-state index is 0. The molecule has 2 aromatic carbocycles. The number of benzene rings is 2.